The van der Waals surface area contributed by atoms with Gasteiger partial charge in [0.05, 0.1) is 24.6 Å². The molecule has 102 valence electrons. The molecule has 1 aromatic rings. The molecule has 0 saturated heterocycles. The van der Waals surface area contributed by atoms with E-state index in [1.165, 1.54) is 19.5 Å². The largest absolute Gasteiger partial charge is 0.494 e. The number of methoxy groups -OCH3 is 1. The second kappa shape index (κ2) is 5.61. The van der Waals surface area contributed by atoms with Gasteiger partial charge in [0, 0.05) is 14.1 Å². The third-order valence-corrected chi connectivity index (χ3v) is 2.20. The van der Waals surface area contributed by atoms with Crippen LogP contribution in [0.3, 0.4) is 0 Å². The average molecular weight is 271 g/mol. The molecule has 0 N–H and O–H groups in total. The van der Waals surface area contributed by atoms with Crippen LogP contribution in [-0.2, 0) is 6.18 Å². The first-order chi connectivity index (χ1) is 8.81. The lowest BCUT2D eigenvalue weighted by Gasteiger charge is -2.13. The van der Waals surface area contributed by atoms with Gasteiger partial charge in [0.1, 0.15) is 17.5 Å². The molecule has 0 heterocycles. The van der Waals surface area contributed by atoms with Crippen molar-refractivity contribution in [1.29, 1.82) is 5.26 Å². The van der Waals surface area contributed by atoms with E-state index in [1.54, 1.807) is 19.0 Å². The SMILES string of the molecule is COc1ccc(C(F)(F)F)c(C#N)c1N=CN(C)C. The van der Waals surface area contributed by atoms with Crippen LogP contribution in [0.4, 0.5) is 18.9 Å². The van der Waals surface area contributed by atoms with E-state index in [1.807, 2.05) is 0 Å². The number of nitrogens with zero attached hydrogens (tertiary/aromatic N) is 3. The van der Waals surface area contributed by atoms with Crippen LogP contribution in [0.2, 0.25) is 0 Å². The normalized spacial score (nSPS) is 11.4. The van der Waals surface area contributed by atoms with Crippen molar-refractivity contribution in [2.24, 2.45) is 4.99 Å². The monoisotopic (exact) mass is 271 g/mol. The summed E-state index contributed by atoms with van der Waals surface area (Å²) in [4.78, 5) is 5.42. The lowest BCUT2D eigenvalue weighted by molar-refractivity contribution is -0.137. The number of ether oxygens (including phenoxy) is 1. The molecule has 0 saturated carbocycles. The molecule has 0 aliphatic carbocycles. The number of halogens is 3. The van der Waals surface area contributed by atoms with Crippen molar-refractivity contribution in [2.45, 2.75) is 6.18 Å². The van der Waals surface area contributed by atoms with Gasteiger partial charge in [0.15, 0.2) is 0 Å². The van der Waals surface area contributed by atoms with E-state index in [4.69, 9.17) is 10.00 Å². The van der Waals surface area contributed by atoms with Gasteiger partial charge in [0.25, 0.3) is 0 Å². The minimum atomic E-state index is -4.61. The van der Waals surface area contributed by atoms with E-state index >= 15 is 0 Å². The maximum atomic E-state index is 12.8. The Morgan fingerprint density at radius 2 is 2.00 bits per heavy atom. The molecule has 0 aliphatic rings. The summed E-state index contributed by atoms with van der Waals surface area (Å²) >= 11 is 0. The van der Waals surface area contributed by atoms with Crippen molar-refractivity contribution >= 4 is 12.0 Å². The van der Waals surface area contributed by atoms with Crippen molar-refractivity contribution in [3.63, 3.8) is 0 Å². The van der Waals surface area contributed by atoms with Gasteiger partial charge in [-0.3, -0.25) is 0 Å². The molecule has 1 aromatic carbocycles. The van der Waals surface area contributed by atoms with Crippen molar-refractivity contribution in [3.05, 3.63) is 23.3 Å². The van der Waals surface area contributed by atoms with Crippen molar-refractivity contribution in [3.8, 4) is 11.8 Å². The lowest BCUT2D eigenvalue weighted by atomic mass is 10.1. The lowest BCUT2D eigenvalue weighted by Crippen LogP contribution is -2.10. The number of nitriles is 1. The van der Waals surface area contributed by atoms with E-state index in [9.17, 15) is 13.2 Å². The van der Waals surface area contributed by atoms with Crippen LogP contribution < -0.4 is 4.74 Å². The summed E-state index contributed by atoms with van der Waals surface area (Å²) in [6.07, 6.45) is -3.31. The summed E-state index contributed by atoms with van der Waals surface area (Å²) < 4.78 is 43.3. The summed E-state index contributed by atoms with van der Waals surface area (Å²) in [5.41, 5.74) is -1.71. The summed E-state index contributed by atoms with van der Waals surface area (Å²) in [7, 11) is 4.63. The smallest absolute Gasteiger partial charge is 0.417 e. The third-order valence-electron chi connectivity index (χ3n) is 2.20. The number of alkyl halides is 3. The molecule has 0 amide bonds. The molecule has 4 nitrogen and oxygen atoms in total. The van der Waals surface area contributed by atoms with Gasteiger partial charge in [-0.25, -0.2) is 4.99 Å². The zero-order valence-electron chi connectivity index (χ0n) is 10.6. The van der Waals surface area contributed by atoms with E-state index < -0.39 is 17.3 Å². The van der Waals surface area contributed by atoms with Gasteiger partial charge < -0.3 is 9.64 Å². The van der Waals surface area contributed by atoms with Crippen LogP contribution >= 0.6 is 0 Å². The van der Waals surface area contributed by atoms with E-state index in [2.05, 4.69) is 4.99 Å². The molecule has 7 heteroatoms. The summed E-state index contributed by atoms with van der Waals surface area (Å²) in [6.45, 7) is 0. The predicted octanol–water partition coefficient (Wildman–Crippen LogP) is 2.81. The second-order valence-corrected chi connectivity index (χ2v) is 3.86. The molecule has 0 aromatic heterocycles. The summed E-state index contributed by atoms with van der Waals surface area (Å²) in [5.74, 6) is 0.114. The second-order valence-electron chi connectivity index (χ2n) is 3.86. The maximum Gasteiger partial charge on any atom is 0.417 e. The van der Waals surface area contributed by atoms with Crippen LogP contribution in [0.15, 0.2) is 17.1 Å². The van der Waals surface area contributed by atoms with Crippen molar-refractivity contribution in [2.75, 3.05) is 21.2 Å². The molecule has 0 spiro atoms. The Morgan fingerprint density at radius 3 is 2.42 bits per heavy atom. The number of aliphatic imine (C=N–C) groups is 1. The quantitative estimate of drug-likeness (QED) is 0.627. The maximum absolute atomic E-state index is 12.8. The molecule has 19 heavy (non-hydrogen) atoms. The molecule has 0 aliphatic heterocycles. The van der Waals surface area contributed by atoms with Crippen LogP contribution in [-0.4, -0.2) is 32.4 Å². The fourth-order valence-electron chi connectivity index (χ4n) is 1.39. The molecular weight excluding hydrogens is 259 g/mol. The first-order valence-electron chi connectivity index (χ1n) is 5.20. The number of hydrogen-bond donors (Lipinski definition) is 0. The Hall–Kier alpha value is -2.23. The standard InChI is InChI=1S/C12H12F3N3O/c1-18(2)7-17-11-8(6-16)9(12(13,14)15)4-5-10(11)19-3/h4-5,7H,1-3H3. The van der Waals surface area contributed by atoms with Gasteiger partial charge in [0.2, 0.25) is 0 Å². The van der Waals surface area contributed by atoms with Gasteiger partial charge >= 0.3 is 6.18 Å². The van der Waals surface area contributed by atoms with E-state index in [0.29, 0.717) is 0 Å². The molecule has 0 atom stereocenters. The highest BCUT2D eigenvalue weighted by Crippen LogP contribution is 2.40. The minimum absolute atomic E-state index is 0.114. The average Bonchev–Trinajstić information content (AvgIpc) is 2.33. The fraction of sp³-hybridized carbons (Fsp3) is 0.333. The van der Waals surface area contributed by atoms with Crippen molar-refractivity contribution in [1.82, 2.24) is 4.90 Å². The van der Waals surface area contributed by atoms with Crippen LogP contribution in [0.5, 0.6) is 5.75 Å². The summed E-state index contributed by atoms with van der Waals surface area (Å²) in [5, 5.41) is 8.95. The van der Waals surface area contributed by atoms with Crippen LogP contribution in [0.25, 0.3) is 0 Å². The van der Waals surface area contributed by atoms with Crippen molar-refractivity contribution < 1.29 is 17.9 Å². The van der Waals surface area contributed by atoms with Crippen LogP contribution in [0.1, 0.15) is 11.1 Å². The van der Waals surface area contributed by atoms with Gasteiger partial charge in [-0.15, -0.1) is 0 Å². The zero-order valence-corrected chi connectivity index (χ0v) is 10.6. The van der Waals surface area contributed by atoms with E-state index in [-0.39, 0.29) is 11.4 Å². The van der Waals surface area contributed by atoms with Gasteiger partial charge in [-0.2, -0.15) is 18.4 Å². The molecule has 1 rings (SSSR count). The topological polar surface area (TPSA) is 48.6 Å². The Balaban J connectivity index is 3.52. The first-order valence-corrected chi connectivity index (χ1v) is 5.20. The highest BCUT2D eigenvalue weighted by Gasteiger charge is 2.35. The third kappa shape index (κ3) is 3.37. The molecule has 0 fully saturated rings. The highest BCUT2D eigenvalue weighted by atomic mass is 19.4. The fourth-order valence-corrected chi connectivity index (χ4v) is 1.39. The van der Waals surface area contributed by atoms with E-state index in [0.717, 1.165) is 12.1 Å². The Kier molecular flexibility index (Phi) is 4.38. The minimum Gasteiger partial charge on any atom is -0.494 e. The molecule has 0 radical (unpaired) electrons. The summed E-state index contributed by atoms with van der Waals surface area (Å²) in [6, 6.07) is 3.49. The molecular formula is C12H12F3N3O. The number of benzene rings is 1. The molecule has 0 bridgehead atoms. The Morgan fingerprint density at radius 1 is 1.37 bits per heavy atom. The van der Waals surface area contributed by atoms with Gasteiger partial charge in [-0.05, 0) is 12.1 Å². The first kappa shape index (κ1) is 14.8. The zero-order chi connectivity index (χ0) is 14.6. The Bertz CT molecular complexity index is 530. The van der Waals surface area contributed by atoms with Crippen LogP contribution in [0, 0.1) is 11.3 Å². The number of hydrogen-bond acceptors (Lipinski definition) is 3. The number of rotatable bonds is 3. The van der Waals surface area contributed by atoms with Gasteiger partial charge in [-0.1, -0.05) is 0 Å². The highest BCUT2D eigenvalue weighted by molar-refractivity contribution is 5.72. The Labute approximate surface area is 108 Å². The predicted molar refractivity (Wildman–Crippen MR) is 64.6 cm³/mol. The molecule has 0 unspecified atom stereocenters.